The van der Waals surface area contributed by atoms with Crippen molar-refractivity contribution in [2.24, 2.45) is 0 Å². The summed E-state index contributed by atoms with van der Waals surface area (Å²) >= 11 is 8.30. The fourth-order valence-electron chi connectivity index (χ4n) is 2.34. The quantitative estimate of drug-likeness (QED) is 0.679. The van der Waals surface area contributed by atoms with Crippen LogP contribution in [0.2, 0.25) is 5.02 Å². The average molecular weight is 315 g/mol. The van der Waals surface area contributed by atoms with Gasteiger partial charge in [-0.1, -0.05) is 31.5 Å². The monoisotopic (exact) mass is 314 g/mol. The highest BCUT2D eigenvalue weighted by atomic mass is 35.5. The second-order valence-electron chi connectivity index (χ2n) is 5.04. The van der Waals surface area contributed by atoms with Gasteiger partial charge in [0.2, 0.25) is 0 Å². The highest BCUT2D eigenvalue weighted by Gasteiger charge is 2.17. The van der Waals surface area contributed by atoms with E-state index in [1.165, 1.54) is 11.3 Å². The largest absolute Gasteiger partial charge is 0.370 e. The van der Waals surface area contributed by atoms with E-state index in [9.17, 15) is 0 Å². The van der Waals surface area contributed by atoms with E-state index in [1.807, 2.05) is 23.9 Å². The van der Waals surface area contributed by atoms with E-state index in [2.05, 4.69) is 43.4 Å². The zero-order valence-corrected chi connectivity index (χ0v) is 14.7. The lowest BCUT2D eigenvalue weighted by atomic mass is 10.1. The Kier molecular flexibility index (Phi) is 8.43. The van der Waals surface area contributed by atoms with Gasteiger partial charge in [0.1, 0.15) is 0 Å². The summed E-state index contributed by atoms with van der Waals surface area (Å²) in [4.78, 5) is 2.38. The third kappa shape index (κ3) is 4.87. The van der Waals surface area contributed by atoms with Crippen LogP contribution in [0.15, 0.2) is 18.2 Å². The maximum atomic E-state index is 6.41. The van der Waals surface area contributed by atoms with Gasteiger partial charge in [-0.3, -0.25) is 0 Å². The molecule has 0 heterocycles. The molecule has 0 radical (unpaired) electrons. The second kappa shape index (κ2) is 9.54. The lowest BCUT2D eigenvalue weighted by molar-refractivity contribution is 0.652. The highest BCUT2D eigenvalue weighted by molar-refractivity contribution is 7.98. The molecular formula is C16H27ClN2S. The number of nitrogens with one attached hydrogen (secondary N) is 1. The standard InChI is InChI=1S/C16H27ClN2S/c1-5-10-18-11-14-15(17)8-7-9-16(14)19(3)13(6-2)12-20-4/h7-9,13,18H,5-6,10-12H2,1-4H3. The molecule has 0 saturated carbocycles. The molecule has 114 valence electrons. The molecule has 1 aromatic carbocycles. The van der Waals surface area contributed by atoms with E-state index >= 15 is 0 Å². The fourth-order valence-corrected chi connectivity index (χ4v) is 3.42. The van der Waals surface area contributed by atoms with Gasteiger partial charge in [0.15, 0.2) is 0 Å². The van der Waals surface area contributed by atoms with Crippen molar-refractivity contribution in [3.8, 4) is 0 Å². The van der Waals surface area contributed by atoms with Gasteiger partial charge in [0.05, 0.1) is 0 Å². The van der Waals surface area contributed by atoms with Gasteiger partial charge < -0.3 is 10.2 Å². The van der Waals surface area contributed by atoms with E-state index in [4.69, 9.17) is 11.6 Å². The number of thioether (sulfide) groups is 1. The summed E-state index contributed by atoms with van der Waals surface area (Å²) in [6, 6.07) is 6.76. The van der Waals surface area contributed by atoms with Gasteiger partial charge in [-0.15, -0.1) is 0 Å². The Balaban J connectivity index is 2.94. The third-order valence-electron chi connectivity index (χ3n) is 3.58. The summed E-state index contributed by atoms with van der Waals surface area (Å²) in [5, 5.41) is 4.32. The molecule has 0 spiro atoms. The molecule has 4 heteroatoms. The maximum absolute atomic E-state index is 6.41. The molecule has 0 saturated heterocycles. The van der Waals surface area contributed by atoms with Gasteiger partial charge in [0.25, 0.3) is 0 Å². The number of halogens is 1. The summed E-state index contributed by atoms with van der Waals surface area (Å²) in [5.41, 5.74) is 2.46. The summed E-state index contributed by atoms with van der Waals surface area (Å²) < 4.78 is 0. The Morgan fingerprint density at radius 2 is 2.10 bits per heavy atom. The van der Waals surface area contributed by atoms with E-state index < -0.39 is 0 Å². The number of anilines is 1. The van der Waals surface area contributed by atoms with Crippen LogP contribution in [-0.4, -0.2) is 31.6 Å². The lowest BCUT2D eigenvalue weighted by Gasteiger charge is -2.31. The number of benzene rings is 1. The van der Waals surface area contributed by atoms with Crippen LogP contribution in [0.4, 0.5) is 5.69 Å². The zero-order chi connectivity index (χ0) is 15.0. The van der Waals surface area contributed by atoms with Crippen molar-refractivity contribution in [1.82, 2.24) is 5.32 Å². The first-order chi connectivity index (χ1) is 9.65. The summed E-state index contributed by atoms with van der Waals surface area (Å²) in [7, 11) is 2.18. The Bertz CT molecular complexity index is 398. The number of nitrogens with zero attached hydrogens (tertiary/aromatic N) is 1. The van der Waals surface area contributed by atoms with Crippen molar-refractivity contribution in [3.05, 3.63) is 28.8 Å². The fraction of sp³-hybridized carbons (Fsp3) is 0.625. The van der Waals surface area contributed by atoms with Crippen LogP contribution in [0.3, 0.4) is 0 Å². The van der Waals surface area contributed by atoms with Crippen LogP contribution in [0, 0.1) is 0 Å². The molecular weight excluding hydrogens is 288 g/mol. The molecule has 1 unspecified atom stereocenters. The predicted octanol–water partition coefficient (Wildman–Crippen LogP) is 4.42. The molecule has 0 aliphatic rings. The first-order valence-electron chi connectivity index (χ1n) is 7.35. The van der Waals surface area contributed by atoms with Crippen molar-refractivity contribution in [2.45, 2.75) is 39.3 Å². The molecule has 0 fully saturated rings. The molecule has 0 aliphatic heterocycles. The maximum Gasteiger partial charge on any atom is 0.0471 e. The van der Waals surface area contributed by atoms with Gasteiger partial charge in [-0.25, -0.2) is 0 Å². The number of hydrogen-bond donors (Lipinski definition) is 1. The molecule has 1 aromatic rings. The van der Waals surface area contributed by atoms with Crippen molar-refractivity contribution >= 4 is 29.1 Å². The first-order valence-corrected chi connectivity index (χ1v) is 9.12. The Morgan fingerprint density at radius 3 is 2.70 bits per heavy atom. The van der Waals surface area contributed by atoms with Gasteiger partial charge >= 0.3 is 0 Å². The Hall–Kier alpha value is -0.380. The molecule has 1 atom stereocenters. The smallest absolute Gasteiger partial charge is 0.0471 e. The first kappa shape index (κ1) is 17.7. The average Bonchev–Trinajstić information content (AvgIpc) is 2.46. The molecule has 0 amide bonds. The van der Waals surface area contributed by atoms with Crippen LogP contribution in [-0.2, 0) is 6.54 Å². The molecule has 0 aromatic heterocycles. The van der Waals surface area contributed by atoms with E-state index in [-0.39, 0.29) is 0 Å². The summed E-state index contributed by atoms with van der Waals surface area (Å²) in [6.07, 6.45) is 4.45. The third-order valence-corrected chi connectivity index (χ3v) is 4.65. The van der Waals surface area contributed by atoms with Crippen LogP contribution in [0.5, 0.6) is 0 Å². The van der Waals surface area contributed by atoms with Crippen LogP contribution in [0.1, 0.15) is 32.3 Å². The summed E-state index contributed by atoms with van der Waals surface area (Å²) in [5.74, 6) is 1.14. The number of rotatable bonds is 9. The van der Waals surface area contributed by atoms with Crippen LogP contribution < -0.4 is 10.2 Å². The molecule has 0 bridgehead atoms. The van der Waals surface area contributed by atoms with Gasteiger partial charge in [-0.2, -0.15) is 11.8 Å². The highest BCUT2D eigenvalue weighted by Crippen LogP contribution is 2.29. The topological polar surface area (TPSA) is 15.3 Å². The van der Waals surface area contributed by atoms with Gasteiger partial charge in [-0.05, 0) is 37.8 Å². The van der Waals surface area contributed by atoms with Crippen LogP contribution >= 0.6 is 23.4 Å². The molecule has 20 heavy (non-hydrogen) atoms. The second-order valence-corrected chi connectivity index (χ2v) is 6.36. The molecule has 2 nitrogen and oxygen atoms in total. The van der Waals surface area contributed by atoms with E-state index in [0.29, 0.717) is 6.04 Å². The molecule has 1 rings (SSSR count). The minimum atomic E-state index is 0.549. The lowest BCUT2D eigenvalue weighted by Crippen LogP contribution is -2.34. The van der Waals surface area contributed by atoms with Crippen molar-refractivity contribution in [2.75, 3.05) is 30.5 Å². The molecule has 0 aliphatic carbocycles. The zero-order valence-electron chi connectivity index (χ0n) is 13.1. The Labute approximate surface area is 133 Å². The van der Waals surface area contributed by atoms with Crippen molar-refractivity contribution in [3.63, 3.8) is 0 Å². The van der Waals surface area contributed by atoms with Gasteiger partial charge in [0, 0.05) is 41.7 Å². The normalized spacial score (nSPS) is 12.4. The van der Waals surface area contributed by atoms with E-state index in [0.717, 1.165) is 36.7 Å². The summed E-state index contributed by atoms with van der Waals surface area (Å²) in [6.45, 7) is 6.29. The number of hydrogen-bond acceptors (Lipinski definition) is 3. The SMILES string of the molecule is CCCNCc1c(Cl)cccc1N(C)C(CC)CSC. The molecule has 1 N–H and O–H groups in total. The van der Waals surface area contributed by atoms with Crippen LogP contribution in [0.25, 0.3) is 0 Å². The predicted molar refractivity (Wildman–Crippen MR) is 94.3 cm³/mol. The van der Waals surface area contributed by atoms with Crippen molar-refractivity contribution < 1.29 is 0 Å². The Morgan fingerprint density at radius 1 is 1.35 bits per heavy atom. The van der Waals surface area contributed by atoms with Crippen molar-refractivity contribution in [1.29, 1.82) is 0 Å². The minimum Gasteiger partial charge on any atom is -0.370 e. The van der Waals surface area contributed by atoms with E-state index in [1.54, 1.807) is 0 Å². The minimum absolute atomic E-state index is 0.549.